The number of aryl methyl sites for hydroxylation is 1. The molecule has 1 aliphatic rings. The fourth-order valence-electron chi connectivity index (χ4n) is 5.89. The quantitative estimate of drug-likeness (QED) is 0.268. The second-order valence-corrected chi connectivity index (χ2v) is 10.4. The molecule has 6 nitrogen and oxygen atoms in total. The zero-order chi connectivity index (χ0) is 26.2. The third kappa shape index (κ3) is 4.35. The number of hydrogen-bond acceptors (Lipinski definition) is 4. The van der Waals surface area contributed by atoms with Gasteiger partial charge in [-0.1, -0.05) is 19.1 Å². The molecular formula is C31H31FN6. The first kappa shape index (κ1) is 24.3. The summed E-state index contributed by atoms with van der Waals surface area (Å²) in [5.41, 5.74) is 5.46. The minimum Gasteiger partial charge on any atom is -0.346 e. The molecule has 0 unspecified atom stereocenters. The number of pyridine rings is 1. The van der Waals surface area contributed by atoms with Crippen LogP contribution in [0.25, 0.3) is 44.2 Å². The number of piperidine rings is 1. The number of nitriles is 1. The van der Waals surface area contributed by atoms with Gasteiger partial charge in [0.25, 0.3) is 0 Å². The minimum atomic E-state index is -0.520. The molecule has 2 aromatic carbocycles. The van der Waals surface area contributed by atoms with Crippen LogP contribution in [0.2, 0.25) is 0 Å². The fourth-order valence-corrected chi connectivity index (χ4v) is 5.89. The Labute approximate surface area is 221 Å². The molecule has 0 amide bonds. The highest BCUT2D eigenvalue weighted by Gasteiger charge is 2.22. The van der Waals surface area contributed by atoms with Gasteiger partial charge >= 0.3 is 0 Å². The van der Waals surface area contributed by atoms with E-state index >= 15 is 0 Å². The summed E-state index contributed by atoms with van der Waals surface area (Å²) in [6, 6.07) is 15.1. The van der Waals surface area contributed by atoms with E-state index in [1.807, 2.05) is 48.4 Å². The average Bonchev–Trinajstić information content (AvgIpc) is 3.52. The summed E-state index contributed by atoms with van der Waals surface area (Å²) in [6.07, 6.45) is 9.54. The SMILES string of the molecule is CCCN1CCC(Cn2ccc3c(-c4ccc(C#N)c(F)c4)c(-c4ccc5c(cnn5C)c4)ncc32)CC1. The summed E-state index contributed by atoms with van der Waals surface area (Å²) in [7, 11) is 1.92. The average molecular weight is 507 g/mol. The molecule has 1 aliphatic heterocycles. The minimum absolute atomic E-state index is 0.0409. The number of nitrogens with zero attached hydrogens (tertiary/aromatic N) is 6. The first-order valence-corrected chi connectivity index (χ1v) is 13.4. The van der Waals surface area contributed by atoms with Crippen molar-refractivity contribution < 1.29 is 4.39 Å². The topological polar surface area (TPSA) is 62.7 Å². The maximum absolute atomic E-state index is 14.8. The van der Waals surface area contributed by atoms with E-state index in [-0.39, 0.29) is 5.56 Å². The Balaban J connectivity index is 1.44. The van der Waals surface area contributed by atoms with Crippen molar-refractivity contribution in [2.45, 2.75) is 32.7 Å². The zero-order valence-electron chi connectivity index (χ0n) is 21.9. The maximum atomic E-state index is 14.8. The van der Waals surface area contributed by atoms with E-state index in [0.29, 0.717) is 11.5 Å². The summed E-state index contributed by atoms with van der Waals surface area (Å²) in [6.45, 7) is 6.69. The molecule has 192 valence electrons. The van der Waals surface area contributed by atoms with Gasteiger partial charge in [-0.25, -0.2) is 4.39 Å². The Morgan fingerprint density at radius 2 is 1.84 bits per heavy atom. The van der Waals surface area contributed by atoms with E-state index in [9.17, 15) is 9.65 Å². The number of fused-ring (bicyclic) bond motifs is 2. The van der Waals surface area contributed by atoms with Gasteiger partial charge in [0, 0.05) is 41.7 Å². The third-order valence-electron chi connectivity index (χ3n) is 7.93. The van der Waals surface area contributed by atoms with E-state index in [2.05, 4.69) is 39.8 Å². The molecule has 38 heavy (non-hydrogen) atoms. The van der Waals surface area contributed by atoms with Gasteiger partial charge in [0.2, 0.25) is 0 Å². The largest absolute Gasteiger partial charge is 0.346 e. The van der Waals surface area contributed by atoms with Crippen LogP contribution in [0.15, 0.2) is 61.1 Å². The van der Waals surface area contributed by atoms with E-state index in [0.717, 1.165) is 58.3 Å². The maximum Gasteiger partial charge on any atom is 0.141 e. The standard InChI is InChI=1S/C31H31FN6/c1-3-11-37-12-8-21(9-13-37)20-38-14-10-26-29(38)19-34-31(23-6-7-28-25(15-23)18-35-36(28)2)30(26)22-4-5-24(17-33)27(32)16-22/h4-7,10,14-16,18-19,21H,3,8-9,11-13,20H2,1-2H3. The first-order valence-electron chi connectivity index (χ1n) is 13.4. The lowest BCUT2D eigenvalue weighted by Crippen LogP contribution is -2.35. The highest BCUT2D eigenvalue weighted by Crippen LogP contribution is 2.39. The van der Waals surface area contributed by atoms with Gasteiger partial charge in [-0.2, -0.15) is 10.4 Å². The van der Waals surface area contributed by atoms with Crippen LogP contribution in [0.5, 0.6) is 0 Å². The molecule has 0 N–H and O–H groups in total. The number of halogens is 1. The van der Waals surface area contributed by atoms with Gasteiger partial charge in [0.1, 0.15) is 11.9 Å². The van der Waals surface area contributed by atoms with Gasteiger partial charge < -0.3 is 9.47 Å². The lowest BCUT2D eigenvalue weighted by Gasteiger charge is -2.32. The Morgan fingerprint density at radius 3 is 2.61 bits per heavy atom. The Kier molecular flexibility index (Phi) is 6.42. The van der Waals surface area contributed by atoms with Crippen molar-refractivity contribution in [1.29, 1.82) is 5.26 Å². The molecule has 6 rings (SSSR count). The van der Waals surface area contributed by atoms with Crippen molar-refractivity contribution >= 4 is 21.8 Å². The molecule has 1 saturated heterocycles. The highest BCUT2D eigenvalue weighted by molar-refractivity contribution is 6.02. The molecule has 0 atom stereocenters. The number of hydrogen-bond donors (Lipinski definition) is 0. The molecule has 0 saturated carbocycles. The summed E-state index contributed by atoms with van der Waals surface area (Å²) >= 11 is 0. The zero-order valence-corrected chi connectivity index (χ0v) is 21.9. The Hall–Kier alpha value is -4.02. The van der Waals surface area contributed by atoms with Crippen LogP contribution in [0.3, 0.4) is 0 Å². The third-order valence-corrected chi connectivity index (χ3v) is 7.93. The van der Waals surface area contributed by atoms with Crippen molar-refractivity contribution in [3.63, 3.8) is 0 Å². The number of rotatable bonds is 6. The van der Waals surface area contributed by atoms with E-state index in [1.165, 1.54) is 31.9 Å². The van der Waals surface area contributed by atoms with E-state index < -0.39 is 5.82 Å². The number of benzene rings is 2. The summed E-state index contributed by atoms with van der Waals surface area (Å²) in [5.74, 6) is 0.108. The molecular weight excluding hydrogens is 475 g/mol. The molecule has 0 bridgehead atoms. The van der Waals surface area contributed by atoms with E-state index in [1.54, 1.807) is 6.07 Å². The van der Waals surface area contributed by atoms with Crippen LogP contribution in [-0.4, -0.2) is 43.9 Å². The van der Waals surface area contributed by atoms with Crippen molar-refractivity contribution in [2.75, 3.05) is 19.6 Å². The lowest BCUT2D eigenvalue weighted by atomic mass is 9.94. The van der Waals surface area contributed by atoms with Gasteiger partial charge in [-0.05, 0) is 80.7 Å². The van der Waals surface area contributed by atoms with E-state index in [4.69, 9.17) is 4.98 Å². The molecule has 4 heterocycles. The van der Waals surface area contributed by atoms with Crippen molar-refractivity contribution in [3.05, 3.63) is 72.4 Å². The molecule has 1 fully saturated rings. The lowest BCUT2D eigenvalue weighted by molar-refractivity contribution is 0.175. The van der Waals surface area contributed by atoms with Crippen LogP contribution in [0.4, 0.5) is 4.39 Å². The Morgan fingerprint density at radius 1 is 1.03 bits per heavy atom. The molecule has 5 aromatic rings. The van der Waals surface area contributed by atoms with Gasteiger partial charge in [0.15, 0.2) is 0 Å². The smallest absolute Gasteiger partial charge is 0.141 e. The monoisotopic (exact) mass is 506 g/mol. The van der Waals surface area contributed by atoms with Crippen LogP contribution >= 0.6 is 0 Å². The number of aromatic nitrogens is 4. The van der Waals surface area contributed by atoms with Crippen LogP contribution in [0, 0.1) is 23.1 Å². The number of likely N-dealkylation sites (tertiary alicyclic amines) is 1. The Bertz CT molecular complexity index is 1670. The molecule has 7 heteroatoms. The van der Waals surface area contributed by atoms with Gasteiger partial charge in [0.05, 0.1) is 34.7 Å². The molecule has 0 aliphatic carbocycles. The molecule has 0 spiro atoms. The van der Waals surface area contributed by atoms with Crippen LogP contribution in [0.1, 0.15) is 31.7 Å². The fraction of sp³-hybridized carbons (Fsp3) is 0.323. The molecule has 0 radical (unpaired) electrons. The van der Waals surface area contributed by atoms with Crippen molar-refractivity contribution in [1.82, 2.24) is 24.2 Å². The highest BCUT2D eigenvalue weighted by atomic mass is 19.1. The normalized spacial score (nSPS) is 14.9. The van der Waals surface area contributed by atoms with Gasteiger partial charge in [-0.15, -0.1) is 0 Å². The van der Waals surface area contributed by atoms with Crippen LogP contribution < -0.4 is 0 Å². The van der Waals surface area contributed by atoms with Crippen LogP contribution in [-0.2, 0) is 13.6 Å². The summed E-state index contributed by atoms with van der Waals surface area (Å²) in [5, 5.41) is 15.7. The van der Waals surface area contributed by atoms with Gasteiger partial charge in [-0.3, -0.25) is 9.67 Å². The first-order chi connectivity index (χ1) is 18.6. The summed E-state index contributed by atoms with van der Waals surface area (Å²) < 4.78 is 19.0. The summed E-state index contributed by atoms with van der Waals surface area (Å²) in [4.78, 5) is 7.52. The predicted octanol–water partition coefficient (Wildman–Crippen LogP) is 6.39. The van der Waals surface area contributed by atoms with Crippen molar-refractivity contribution in [2.24, 2.45) is 13.0 Å². The second-order valence-electron chi connectivity index (χ2n) is 10.4. The second kappa shape index (κ2) is 10.0. The van der Waals surface area contributed by atoms with Crippen molar-refractivity contribution in [3.8, 4) is 28.5 Å². The molecule has 3 aromatic heterocycles. The predicted molar refractivity (Wildman–Crippen MR) is 149 cm³/mol.